The number of carbonyl (C=O) groups excluding carboxylic acids is 5. The van der Waals surface area contributed by atoms with Gasteiger partial charge in [-0.15, -0.1) is 5.06 Å². The van der Waals surface area contributed by atoms with Crippen LogP contribution in [-0.2, 0) is 28.8 Å². The zero-order chi connectivity index (χ0) is 18.1. The van der Waals surface area contributed by atoms with E-state index in [0.29, 0.717) is 37.3 Å². The van der Waals surface area contributed by atoms with Crippen LogP contribution in [0.5, 0.6) is 0 Å². The van der Waals surface area contributed by atoms with E-state index < -0.39 is 29.0 Å². The van der Waals surface area contributed by atoms with Crippen molar-refractivity contribution in [3.63, 3.8) is 0 Å². The van der Waals surface area contributed by atoms with Gasteiger partial charge in [-0.05, 0) is 31.6 Å². The molecule has 0 aromatic heterocycles. The van der Waals surface area contributed by atoms with Crippen LogP contribution in [0.15, 0.2) is 12.2 Å². The summed E-state index contributed by atoms with van der Waals surface area (Å²) in [6.07, 6.45) is 4.80. The molecule has 1 atom stereocenters. The van der Waals surface area contributed by atoms with Crippen molar-refractivity contribution in [2.45, 2.75) is 37.4 Å². The first kappa shape index (κ1) is 21.1. The number of thiol groups is 1. The van der Waals surface area contributed by atoms with Crippen LogP contribution < -0.4 is 29.6 Å². The van der Waals surface area contributed by atoms with E-state index in [2.05, 4.69) is 12.6 Å². The van der Waals surface area contributed by atoms with Crippen molar-refractivity contribution < 1.29 is 59.8 Å². The van der Waals surface area contributed by atoms with E-state index in [1.54, 1.807) is 0 Å². The van der Waals surface area contributed by atoms with Gasteiger partial charge in [-0.2, -0.15) is 12.6 Å². The minimum atomic E-state index is -0.764. The molecular formula is C16H19N2NaO6S. The molecular weight excluding hydrogens is 371 g/mol. The summed E-state index contributed by atoms with van der Waals surface area (Å²) in [7, 11) is 0. The molecule has 2 aliphatic heterocycles. The van der Waals surface area contributed by atoms with Crippen LogP contribution in [-0.4, -0.2) is 51.4 Å². The van der Waals surface area contributed by atoms with Gasteiger partial charge >= 0.3 is 35.5 Å². The molecule has 0 aromatic rings. The molecule has 8 nitrogen and oxygen atoms in total. The summed E-state index contributed by atoms with van der Waals surface area (Å²) in [5, 5.41) is -0.251. The monoisotopic (exact) mass is 390 g/mol. The van der Waals surface area contributed by atoms with Gasteiger partial charge in [-0.1, -0.05) is 0 Å². The Morgan fingerprint density at radius 2 is 1.69 bits per heavy atom. The molecule has 0 radical (unpaired) electrons. The number of imide groups is 2. The van der Waals surface area contributed by atoms with Crippen LogP contribution in [0.4, 0.5) is 0 Å². The molecule has 0 N–H and O–H groups in total. The predicted octanol–water partition coefficient (Wildman–Crippen LogP) is -2.65. The Morgan fingerprint density at radius 1 is 1.12 bits per heavy atom. The number of carbonyl (C=O) groups is 5. The van der Waals surface area contributed by atoms with Gasteiger partial charge < -0.3 is 6.26 Å². The Hall–Kier alpha value is -1.16. The number of hydroxylamine groups is 2. The minimum absolute atomic E-state index is 0. The van der Waals surface area contributed by atoms with Crippen molar-refractivity contribution in [2.75, 3.05) is 6.54 Å². The van der Waals surface area contributed by atoms with Crippen molar-refractivity contribution in [3.8, 4) is 0 Å². The SMILES string of the molecule is O=C(ON1C(=O)CC(S)C1=O)C1CCC(CN2C(=O)C=CC2=O)CC1.[H-].[Na+]. The Bertz CT molecular complexity index is 662. The second kappa shape index (κ2) is 8.69. The minimum Gasteiger partial charge on any atom is -1.00 e. The smallest absolute Gasteiger partial charge is 1.00 e. The van der Waals surface area contributed by atoms with Gasteiger partial charge in [0.15, 0.2) is 0 Å². The topological polar surface area (TPSA) is 101 Å². The summed E-state index contributed by atoms with van der Waals surface area (Å²) in [6, 6.07) is 0. The summed E-state index contributed by atoms with van der Waals surface area (Å²) < 4.78 is 0. The van der Waals surface area contributed by atoms with Crippen LogP contribution >= 0.6 is 12.6 Å². The zero-order valence-corrected chi connectivity index (χ0v) is 17.3. The average Bonchev–Trinajstić information content (AvgIpc) is 3.02. The van der Waals surface area contributed by atoms with Crippen molar-refractivity contribution in [2.24, 2.45) is 11.8 Å². The Morgan fingerprint density at radius 3 is 2.19 bits per heavy atom. The summed E-state index contributed by atoms with van der Waals surface area (Å²) in [5.74, 6) is -2.66. The van der Waals surface area contributed by atoms with Gasteiger partial charge in [0.05, 0.1) is 17.6 Å². The third-order valence-electron chi connectivity index (χ3n) is 4.78. The number of hydrogen-bond donors (Lipinski definition) is 1. The molecule has 4 amide bonds. The quantitative estimate of drug-likeness (QED) is 0.320. The maximum atomic E-state index is 12.2. The fourth-order valence-electron chi connectivity index (χ4n) is 3.30. The first-order valence-corrected chi connectivity index (χ1v) is 8.68. The van der Waals surface area contributed by atoms with Crippen molar-refractivity contribution in [1.29, 1.82) is 0 Å². The van der Waals surface area contributed by atoms with E-state index in [0.717, 1.165) is 0 Å². The maximum absolute atomic E-state index is 12.2. The molecule has 0 spiro atoms. The second-order valence-corrected chi connectivity index (χ2v) is 7.12. The molecule has 1 unspecified atom stereocenters. The van der Waals surface area contributed by atoms with Gasteiger partial charge in [-0.3, -0.25) is 24.1 Å². The van der Waals surface area contributed by atoms with Crippen LogP contribution in [0.1, 0.15) is 33.5 Å². The third-order valence-corrected chi connectivity index (χ3v) is 5.19. The van der Waals surface area contributed by atoms with E-state index >= 15 is 0 Å². The molecule has 10 heteroatoms. The number of hydrogen-bond acceptors (Lipinski definition) is 7. The molecule has 1 saturated carbocycles. The number of nitrogens with zero attached hydrogens (tertiary/aromatic N) is 2. The first-order chi connectivity index (χ1) is 11.9. The van der Waals surface area contributed by atoms with E-state index in [-0.39, 0.29) is 55.1 Å². The Balaban J connectivity index is 0.00000182. The van der Waals surface area contributed by atoms with Crippen molar-refractivity contribution in [1.82, 2.24) is 9.96 Å². The van der Waals surface area contributed by atoms with Gasteiger partial charge in [0.2, 0.25) is 0 Å². The predicted molar refractivity (Wildman–Crippen MR) is 87.8 cm³/mol. The zero-order valence-electron chi connectivity index (χ0n) is 15.4. The molecule has 0 bridgehead atoms. The summed E-state index contributed by atoms with van der Waals surface area (Å²) in [6.45, 7) is 0.344. The second-order valence-electron chi connectivity index (χ2n) is 6.49. The molecule has 2 fully saturated rings. The van der Waals surface area contributed by atoms with Gasteiger partial charge in [-0.25, -0.2) is 4.79 Å². The molecule has 2 heterocycles. The molecule has 3 aliphatic rings. The summed E-state index contributed by atoms with van der Waals surface area (Å²) in [4.78, 5) is 64.9. The molecule has 3 rings (SSSR count). The van der Waals surface area contributed by atoms with Crippen molar-refractivity contribution in [3.05, 3.63) is 12.2 Å². The van der Waals surface area contributed by atoms with Crippen molar-refractivity contribution >= 4 is 42.2 Å². The number of rotatable bonds is 4. The normalized spacial score (nSPS) is 28.6. The van der Waals surface area contributed by atoms with E-state index in [9.17, 15) is 24.0 Å². The van der Waals surface area contributed by atoms with Crippen LogP contribution in [0.2, 0.25) is 0 Å². The van der Waals surface area contributed by atoms with Crippen LogP contribution in [0, 0.1) is 11.8 Å². The van der Waals surface area contributed by atoms with Gasteiger partial charge in [0.25, 0.3) is 23.6 Å². The first-order valence-electron chi connectivity index (χ1n) is 8.17. The largest absolute Gasteiger partial charge is 1.00 e. The maximum Gasteiger partial charge on any atom is 1.00 e. The molecule has 1 aliphatic carbocycles. The Kier molecular flexibility index (Phi) is 7.06. The molecule has 26 heavy (non-hydrogen) atoms. The van der Waals surface area contributed by atoms with Crippen LogP contribution in [0.25, 0.3) is 0 Å². The average molecular weight is 390 g/mol. The Labute approximate surface area is 179 Å². The van der Waals surface area contributed by atoms with E-state index in [1.165, 1.54) is 17.1 Å². The summed E-state index contributed by atoms with van der Waals surface area (Å²) >= 11 is 3.97. The van der Waals surface area contributed by atoms with E-state index in [1.807, 2.05) is 0 Å². The fraction of sp³-hybridized carbons (Fsp3) is 0.562. The molecule has 0 aromatic carbocycles. The van der Waals surface area contributed by atoms with Crippen LogP contribution in [0.3, 0.4) is 0 Å². The molecule has 136 valence electrons. The summed E-state index contributed by atoms with van der Waals surface area (Å²) in [5.41, 5.74) is 0. The number of amides is 4. The fourth-order valence-corrected chi connectivity index (χ4v) is 3.57. The standard InChI is InChI=1S/C16H18N2O6S.Na.H/c19-12-5-6-13(20)17(12)8-9-1-3-10(4-2-9)16(23)24-18-14(21)7-11(25)15(18)22;;/h5-6,9-11,25H,1-4,7-8H2;;/q;+1;-1. The third kappa shape index (κ3) is 4.39. The molecule has 1 saturated heterocycles. The van der Waals surface area contributed by atoms with Gasteiger partial charge in [0.1, 0.15) is 0 Å². The van der Waals surface area contributed by atoms with Gasteiger partial charge in [0, 0.05) is 18.7 Å². The van der Waals surface area contributed by atoms with E-state index in [4.69, 9.17) is 4.84 Å².